The zero-order valence-electron chi connectivity index (χ0n) is 22.9. The molecule has 40 heavy (non-hydrogen) atoms. The van der Waals surface area contributed by atoms with Gasteiger partial charge in [-0.1, -0.05) is 24.3 Å². The molecule has 1 fully saturated rings. The highest BCUT2D eigenvalue weighted by Gasteiger charge is 2.21. The zero-order valence-corrected chi connectivity index (χ0v) is 22.9. The van der Waals surface area contributed by atoms with E-state index in [1.165, 1.54) is 6.20 Å². The Hall–Kier alpha value is -4.29. The predicted molar refractivity (Wildman–Crippen MR) is 151 cm³/mol. The van der Waals surface area contributed by atoms with Crippen LogP contribution in [0.15, 0.2) is 48.9 Å². The van der Waals surface area contributed by atoms with E-state index in [4.69, 9.17) is 15.2 Å². The highest BCUT2D eigenvalue weighted by molar-refractivity contribution is 6.07. The molecule has 1 aliphatic heterocycles. The van der Waals surface area contributed by atoms with Crippen molar-refractivity contribution in [2.45, 2.75) is 38.8 Å². The first kappa shape index (κ1) is 28.7. The van der Waals surface area contributed by atoms with Gasteiger partial charge in [0.1, 0.15) is 5.60 Å². The molecule has 12 nitrogen and oxygen atoms in total. The number of aromatic nitrogens is 3. The number of morpholine rings is 1. The number of nitrogens with one attached hydrogen (secondary N) is 2. The van der Waals surface area contributed by atoms with Gasteiger partial charge in [-0.15, -0.1) is 0 Å². The first-order valence-electron chi connectivity index (χ1n) is 13.0. The molecule has 0 bridgehead atoms. The lowest BCUT2D eigenvalue weighted by Gasteiger charge is -2.30. The molecule has 0 saturated carbocycles. The van der Waals surface area contributed by atoms with Gasteiger partial charge in [0.25, 0.3) is 5.91 Å². The number of nitrogens with two attached hydrogens (primary N) is 1. The van der Waals surface area contributed by atoms with Crippen molar-refractivity contribution in [3.05, 3.63) is 60.2 Å². The summed E-state index contributed by atoms with van der Waals surface area (Å²) in [7, 11) is 0. The maximum absolute atomic E-state index is 13.2. The van der Waals surface area contributed by atoms with Gasteiger partial charge in [0, 0.05) is 24.8 Å². The Labute approximate surface area is 232 Å². The van der Waals surface area contributed by atoms with Crippen molar-refractivity contribution in [2.24, 2.45) is 0 Å². The molecule has 3 aromatic rings. The molecule has 12 heteroatoms. The predicted octanol–water partition coefficient (Wildman–Crippen LogP) is 2.64. The number of amides is 2. The van der Waals surface area contributed by atoms with Crippen LogP contribution in [0.2, 0.25) is 0 Å². The van der Waals surface area contributed by atoms with Gasteiger partial charge < -0.3 is 35.8 Å². The molecule has 5 N–H and O–H groups in total. The van der Waals surface area contributed by atoms with Crippen LogP contribution in [0.4, 0.5) is 22.0 Å². The van der Waals surface area contributed by atoms with E-state index >= 15 is 0 Å². The van der Waals surface area contributed by atoms with Gasteiger partial charge in [0.05, 0.1) is 55.3 Å². The molecule has 2 amide bonds. The van der Waals surface area contributed by atoms with Crippen LogP contribution in [0.3, 0.4) is 0 Å². The monoisotopic (exact) mass is 549 g/mol. The minimum atomic E-state index is -0.634. The third-order valence-corrected chi connectivity index (χ3v) is 6.09. The second-order valence-corrected chi connectivity index (χ2v) is 10.4. The van der Waals surface area contributed by atoms with Gasteiger partial charge in [0.15, 0.2) is 11.5 Å². The molecule has 0 spiro atoms. The summed E-state index contributed by atoms with van der Waals surface area (Å²) in [4.78, 5) is 40.2. The first-order chi connectivity index (χ1) is 19.1. The van der Waals surface area contributed by atoms with Crippen molar-refractivity contribution in [1.29, 1.82) is 0 Å². The van der Waals surface area contributed by atoms with Gasteiger partial charge in [-0.3, -0.25) is 9.78 Å². The van der Waals surface area contributed by atoms with E-state index in [0.29, 0.717) is 44.1 Å². The fourth-order valence-corrected chi connectivity index (χ4v) is 4.18. The van der Waals surface area contributed by atoms with Gasteiger partial charge in [-0.2, -0.15) is 0 Å². The van der Waals surface area contributed by atoms with Gasteiger partial charge in [-0.05, 0) is 38.8 Å². The van der Waals surface area contributed by atoms with Crippen LogP contribution in [0, 0.1) is 0 Å². The fraction of sp³-hybridized carbons (Fsp3) is 0.393. The number of aliphatic hydroxyl groups excluding tert-OH is 1. The number of alkyl carbamates (subject to hydrolysis) is 1. The number of nitrogens with zero attached hydrogens (tertiary/aromatic N) is 4. The molecular weight excluding hydrogens is 514 g/mol. The maximum atomic E-state index is 13.2. The average molecular weight is 550 g/mol. The van der Waals surface area contributed by atoms with E-state index in [1.807, 2.05) is 30.3 Å². The Morgan fingerprint density at radius 2 is 1.88 bits per heavy atom. The Morgan fingerprint density at radius 1 is 1.15 bits per heavy atom. The van der Waals surface area contributed by atoms with E-state index in [0.717, 1.165) is 16.8 Å². The molecule has 1 aromatic carbocycles. The van der Waals surface area contributed by atoms with Crippen molar-refractivity contribution in [3.63, 3.8) is 0 Å². The van der Waals surface area contributed by atoms with Crippen molar-refractivity contribution >= 4 is 29.2 Å². The Balaban J connectivity index is 1.46. The number of rotatable bonds is 8. The summed E-state index contributed by atoms with van der Waals surface area (Å²) in [6.45, 7) is 7.70. The largest absolute Gasteiger partial charge is 0.444 e. The third kappa shape index (κ3) is 7.64. The summed E-state index contributed by atoms with van der Waals surface area (Å²) < 4.78 is 10.7. The smallest absolute Gasteiger partial charge is 0.407 e. The Kier molecular flexibility index (Phi) is 9.12. The van der Waals surface area contributed by atoms with E-state index in [9.17, 15) is 14.7 Å². The van der Waals surface area contributed by atoms with Crippen molar-refractivity contribution in [1.82, 2.24) is 20.3 Å². The summed E-state index contributed by atoms with van der Waals surface area (Å²) >= 11 is 0. The van der Waals surface area contributed by atoms with Gasteiger partial charge >= 0.3 is 6.09 Å². The highest BCUT2D eigenvalue weighted by atomic mass is 16.6. The second-order valence-electron chi connectivity index (χ2n) is 10.4. The number of benzene rings is 1. The normalized spacial score (nSPS) is 14.3. The van der Waals surface area contributed by atoms with Crippen LogP contribution >= 0.6 is 0 Å². The van der Waals surface area contributed by atoms with Crippen LogP contribution < -0.4 is 21.3 Å². The molecule has 212 valence electrons. The Morgan fingerprint density at radius 3 is 2.55 bits per heavy atom. The molecule has 0 unspecified atom stereocenters. The number of hydrogen-bond donors (Lipinski definition) is 4. The number of anilines is 3. The SMILES string of the molecule is CC(C)(C)OC(=O)N[C@@H](CO)Cc1ccc(-c2cnc(N)c(C(=O)Nc3cnccc3N3CCOCC3)n2)cc1. The number of aliphatic hydroxyl groups is 1. The Bertz CT molecular complexity index is 1320. The molecule has 4 rings (SSSR count). The number of carbonyl (C=O) groups excluding carboxylic acids is 2. The average Bonchev–Trinajstić information content (AvgIpc) is 2.93. The molecule has 1 saturated heterocycles. The quantitative estimate of drug-likeness (QED) is 0.328. The number of hydrogen-bond acceptors (Lipinski definition) is 10. The van der Waals surface area contributed by atoms with E-state index < -0.39 is 23.6 Å². The second kappa shape index (κ2) is 12.7. The minimum absolute atomic E-state index is 0.000243. The molecule has 1 atom stereocenters. The summed E-state index contributed by atoms with van der Waals surface area (Å²) in [6, 6.07) is 8.71. The molecule has 0 radical (unpaired) electrons. The number of ether oxygens (including phenoxy) is 2. The molecule has 3 heterocycles. The lowest BCUT2D eigenvalue weighted by Crippen LogP contribution is -2.42. The maximum Gasteiger partial charge on any atom is 0.407 e. The van der Waals surface area contributed by atoms with Crippen molar-refractivity contribution in [2.75, 3.05) is 48.9 Å². The van der Waals surface area contributed by atoms with Crippen LogP contribution in [0.5, 0.6) is 0 Å². The first-order valence-corrected chi connectivity index (χ1v) is 13.0. The standard InChI is InChI=1S/C28H35N7O5/c1-28(2,3)40-27(38)32-20(17-36)14-18-4-6-19(7-5-18)21-16-31-25(29)24(33-21)26(37)34-22-15-30-9-8-23(22)35-10-12-39-13-11-35/h4-9,15-16,20,36H,10-14,17H2,1-3H3,(H2,29,31)(H,32,38)(H,34,37)/t20-/m1/s1. The number of carbonyl (C=O) groups is 2. The van der Waals surface area contributed by atoms with E-state index in [2.05, 4.69) is 30.5 Å². The van der Waals surface area contributed by atoms with Crippen LogP contribution in [0.25, 0.3) is 11.3 Å². The van der Waals surface area contributed by atoms with E-state index in [-0.39, 0.29) is 18.1 Å². The van der Waals surface area contributed by atoms with Gasteiger partial charge in [-0.25, -0.2) is 14.8 Å². The fourth-order valence-electron chi connectivity index (χ4n) is 4.18. The zero-order chi connectivity index (χ0) is 28.7. The van der Waals surface area contributed by atoms with Crippen molar-refractivity contribution < 1.29 is 24.2 Å². The van der Waals surface area contributed by atoms with Crippen LogP contribution in [-0.4, -0.2) is 76.6 Å². The third-order valence-electron chi connectivity index (χ3n) is 6.09. The summed E-state index contributed by atoms with van der Waals surface area (Å²) in [5.74, 6) is -0.487. The number of pyridine rings is 1. The summed E-state index contributed by atoms with van der Waals surface area (Å²) in [5, 5.41) is 15.3. The van der Waals surface area contributed by atoms with Crippen LogP contribution in [-0.2, 0) is 15.9 Å². The minimum Gasteiger partial charge on any atom is -0.444 e. The van der Waals surface area contributed by atoms with Crippen molar-refractivity contribution in [3.8, 4) is 11.3 Å². The molecule has 2 aromatic heterocycles. The molecule has 1 aliphatic rings. The molecule has 0 aliphatic carbocycles. The molecular formula is C28H35N7O5. The topological polar surface area (TPSA) is 165 Å². The highest BCUT2D eigenvalue weighted by Crippen LogP contribution is 2.27. The lowest BCUT2D eigenvalue weighted by molar-refractivity contribution is 0.0482. The summed E-state index contributed by atoms with van der Waals surface area (Å²) in [5.41, 5.74) is 8.85. The van der Waals surface area contributed by atoms with E-state index in [1.54, 1.807) is 33.2 Å². The van der Waals surface area contributed by atoms with Gasteiger partial charge in [0.2, 0.25) is 0 Å². The van der Waals surface area contributed by atoms with Crippen LogP contribution in [0.1, 0.15) is 36.8 Å². The number of nitrogen functional groups attached to an aromatic ring is 1. The lowest BCUT2D eigenvalue weighted by atomic mass is 10.0. The summed E-state index contributed by atoms with van der Waals surface area (Å²) in [6.07, 6.45) is 4.58.